The molecule has 1 aromatic rings. The molecule has 82 valence electrons. The first-order valence-corrected chi connectivity index (χ1v) is 4.58. The zero-order valence-corrected chi connectivity index (χ0v) is 9.38. The van der Waals surface area contributed by atoms with Crippen LogP contribution in [0.2, 0.25) is 0 Å². The van der Waals surface area contributed by atoms with Gasteiger partial charge in [0.05, 0.1) is 6.04 Å². The molecule has 0 fully saturated rings. The van der Waals surface area contributed by atoms with E-state index in [2.05, 4.69) is 13.8 Å². The van der Waals surface area contributed by atoms with Gasteiger partial charge in [-0.1, -0.05) is 13.8 Å². The van der Waals surface area contributed by atoms with Gasteiger partial charge in [0, 0.05) is 0 Å². The molecule has 0 aliphatic rings. The Morgan fingerprint density at radius 1 is 1.43 bits per heavy atom. The first-order chi connectivity index (χ1) is 6.13. The van der Waals surface area contributed by atoms with Crippen LogP contribution < -0.4 is 5.73 Å². The minimum Gasteiger partial charge on any atom is -0.462 e. The largest absolute Gasteiger partial charge is 0.462 e. The van der Waals surface area contributed by atoms with Gasteiger partial charge in [0.1, 0.15) is 18.1 Å². The molecule has 0 saturated heterocycles. The van der Waals surface area contributed by atoms with E-state index < -0.39 is 0 Å². The van der Waals surface area contributed by atoms with Crippen LogP contribution in [0.25, 0.3) is 0 Å². The first-order valence-electron chi connectivity index (χ1n) is 4.58. The second-order valence-corrected chi connectivity index (χ2v) is 3.70. The van der Waals surface area contributed by atoms with Crippen molar-refractivity contribution in [2.45, 2.75) is 32.9 Å². The maximum atomic E-state index is 8.78. The highest BCUT2D eigenvalue weighted by molar-refractivity contribution is 5.85. The molecule has 3 nitrogen and oxygen atoms in total. The Kier molecular flexibility index (Phi) is 5.84. The van der Waals surface area contributed by atoms with Crippen LogP contribution in [-0.2, 0) is 6.61 Å². The maximum absolute atomic E-state index is 8.78. The molecule has 0 amide bonds. The van der Waals surface area contributed by atoms with Crippen LogP contribution in [0.1, 0.15) is 37.8 Å². The fourth-order valence-electron chi connectivity index (χ4n) is 1.30. The molecular weight excluding hydrogens is 202 g/mol. The molecule has 0 aliphatic heterocycles. The van der Waals surface area contributed by atoms with Crippen molar-refractivity contribution in [3.05, 3.63) is 23.7 Å². The third kappa shape index (κ3) is 3.70. The van der Waals surface area contributed by atoms with Crippen molar-refractivity contribution in [3.63, 3.8) is 0 Å². The summed E-state index contributed by atoms with van der Waals surface area (Å²) in [5.41, 5.74) is 5.89. The van der Waals surface area contributed by atoms with Gasteiger partial charge in [-0.15, -0.1) is 12.4 Å². The molecule has 1 atom stereocenters. The third-order valence-electron chi connectivity index (χ3n) is 1.93. The van der Waals surface area contributed by atoms with Crippen molar-refractivity contribution in [1.82, 2.24) is 0 Å². The second kappa shape index (κ2) is 6.06. The van der Waals surface area contributed by atoms with E-state index in [1.54, 1.807) is 6.07 Å². The van der Waals surface area contributed by atoms with E-state index in [9.17, 15) is 0 Å². The van der Waals surface area contributed by atoms with E-state index >= 15 is 0 Å². The van der Waals surface area contributed by atoms with Crippen molar-refractivity contribution >= 4 is 12.4 Å². The second-order valence-electron chi connectivity index (χ2n) is 3.70. The molecule has 0 spiro atoms. The van der Waals surface area contributed by atoms with Gasteiger partial charge in [-0.25, -0.2) is 0 Å². The summed E-state index contributed by atoms with van der Waals surface area (Å²) in [5.74, 6) is 1.89. The summed E-state index contributed by atoms with van der Waals surface area (Å²) in [7, 11) is 0. The molecule has 4 heteroatoms. The summed E-state index contributed by atoms with van der Waals surface area (Å²) in [6.45, 7) is 4.18. The highest BCUT2D eigenvalue weighted by atomic mass is 35.5. The molecule has 0 aliphatic carbocycles. The van der Waals surface area contributed by atoms with Crippen molar-refractivity contribution < 1.29 is 9.52 Å². The Balaban J connectivity index is 0.00000169. The summed E-state index contributed by atoms with van der Waals surface area (Å²) in [4.78, 5) is 0. The Hall–Kier alpha value is -0.510. The van der Waals surface area contributed by atoms with Crippen LogP contribution in [0.5, 0.6) is 0 Å². The molecule has 0 aromatic carbocycles. The Labute approximate surface area is 90.7 Å². The van der Waals surface area contributed by atoms with E-state index in [0.29, 0.717) is 11.7 Å². The van der Waals surface area contributed by atoms with E-state index in [0.717, 1.165) is 12.2 Å². The average Bonchev–Trinajstić information content (AvgIpc) is 2.50. The molecule has 0 saturated carbocycles. The van der Waals surface area contributed by atoms with E-state index in [1.165, 1.54) is 0 Å². The van der Waals surface area contributed by atoms with Crippen molar-refractivity contribution in [3.8, 4) is 0 Å². The molecule has 0 unspecified atom stereocenters. The number of aliphatic hydroxyl groups is 1. The zero-order chi connectivity index (χ0) is 9.84. The molecule has 0 bridgehead atoms. The Bertz CT molecular complexity index is 260. The lowest BCUT2D eigenvalue weighted by Crippen LogP contribution is -2.11. The van der Waals surface area contributed by atoms with Crippen LogP contribution in [0.15, 0.2) is 16.5 Å². The van der Waals surface area contributed by atoms with Gasteiger partial charge in [-0.3, -0.25) is 0 Å². The normalized spacial score (nSPS) is 12.6. The number of hydrogen-bond donors (Lipinski definition) is 2. The van der Waals surface area contributed by atoms with E-state index in [4.69, 9.17) is 15.3 Å². The minimum atomic E-state index is -0.0611. The number of hydrogen-bond acceptors (Lipinski definition) is 3. The predicted octanol–water partition coefficient (Wildman–Crippen LogP) is 2.24. The Morgan fingerprint density at radius 3 is 2.50 bits per heavy atom. The lowest BCUT2D eigenvalue weighted by Gasteiger charge is -2.10. The number of halogens is 1. The maximum Gasteiger partial charge on any atom is 0.129 e. The topological polar surface area (TPSA) is 59.4 Å². The standard InChI is InChI=1S/C10H17NO2.ClH/c1-7(2)5-9(11)10-4-3-8(6-12)13-10;/h3-4,7,9,12H,5-6,11H2,1-2H3;1H/t9-;/m1./s1. The van der Waals surface area contributed by atoms with Crippen LogP contribution in [0, 0.1) is 5.92 Å². The average molecular weight is 220 g/mol. The van der Waals surface area contributed by atoms with Crippen LogP contribution >= 0.6 is 12.4 Å². The fourth-order valence-corrected chi connectivity index (χ4v) is 1.30. The Morgan fingerprint density at radius 2 is 2.07 bits per heavy atom. The summed E-state index contributed by atoms with van der Waals surface area (Å²) < 4.78 is 5.32. The van der Waals surface area contributed by atoms with Gasteiger partial charge in [-0.2, -0.15) is 0 Å². The van der Waals surface area contributed by atoms with Crippen molar-refractivity contribution in [2.75, 3.05) is 0 Å². The van der Waals surface area contributed by atoms with Gasteiger partial charge in [0.15, 0.2) is 0 Å². The predicted molar refractivity (Wildman–Crippen MR) is 58.3 cm³/mol. The molecule has 3 N–H and O–H groups in total. The molecule has 1 heterocycles. The highest BCUT2D eigenvalue weighted by Gasteiger charge is 2.11. The monoisotopic (exact) mass is 219 g/mol. The molecule has 1 rings (SSSR count). The van der Waals surface area contributed by atoms with E-state index in [-0.39, 0.29) is 25.1 Å². The lowest BCUT2D eigenvalue weighted by atomic mass is 10.0. The summed E-state index contributed by atoms with van der Waals surface area (Å²) in [5, 5.41) is 8.78. The zero-order valence-electron chi connectivity index (χ0n) is 8.56. The minimum absolute atomic E-state index is 0. The van der Waals surface area contributed by atoms with Crippen molar-refractivity contribution in [1.29, 1.82) is 0 Å². The van der Waals surface area contributed by atoms with Gasteiger partial charge in [-0.05, 0) is 24.5 Å². The molecule has 14 heavy (non-hydrogen) atoms. The number of furan rings is 1. The smallest absolute Gasteiger partial charge is 0.129 e. The first kappa shape index (κ1) is 13.5. The van der Waals surface area contributed by atoms with Gasteiger partial charge >= 0.3 is 0 Å². The quantitative estimate of drug-likeness (QED) is 0.817. The number of nitrogens with two attached hydrogens (primary N) is 1. The highest BCUT2D eigenvalue weighted by Crippen LogP contribution is 2.20. The van der Waals surface area contributed by atoms with Crippen LogP contribution in [-0.4, -0.2) is 5.11 Å². The van der Waals surface area contributed by atoms with Crippen LogP contribution in [0.3, 0.4) is 0 Å². The van der Waals surface area contributed by atoms with Gasteiger partial charge < -0.3 is 15.3 Å². The SMILES string of the molecule is CC(C)C[C@@H](N)c1ccc(CO)o1.Cl. The van der Waals surface area contributed by atoms with Gasteiger partial charge in [0.2, 0.25) is 0 Å². The molecule has 0 radical (unpaired) electrons. The number of aliphatic hydroxyl groups excluding tert-OH is 1. The molecular formula is C10H18ClNO2. The van der Waals surface area contributed by atoms with E-state index in [1.807, 2.05) is 6.07 Å². The number of rotatable bonds is 4. The van der Waals surface area contributed by atoms with Gasteiger partial charge in [0.25, 0.3) is 0 Å². The summed E-state index contributed by atoms with van der Waals surface area (Å²) in [6.07, 6.45) is 0.901. The van der Waals surface area contributed by atoms with Crippen LogP contribution in [0.4, 0.5) is 0 Å². The summed E-state index contributed by atoms with van der Waals surface area (Å²) >= 11 is 0. The van der Waals surface area contributed by atoms with Crippen molar-refractivity contribution in [2.24, 2.45) is 11.7 Å². The third-order valence-corrected chi connectivity index (χ3v) is 1.93. The lowest BCUT2D eigenvalue weighted by molar-refractivity contribution is 0.240. The summed E-state index contributed by atoms with van der Waals surface area (Å²) in [6, 6.07) is 3.54. The fraction of sp³-hybridized carbons (Fsp3) is 0.600. The molecule has 1 aromatic heterocycles.